The molecule has 3 rings (SSSR count). The van der Waals surface area contributed by atoms with Gasteiger partial charge in [0.2, 0.25) is 0 Å². The molecule has 0 aliphatic rings. The van der Waals surface area contributed by atoms with Crippen LogP contribution in [0.5, 0.6) is 5.75 Å². The number of methoxy groups -OCH3 is 1. The van der Waals surface area contributed by atoms with Gasteiger partial charge in [0.1, 0.15) is 5.75 Å². The summed E-state index contributed by atoms with van der Waals surface area (Å²) >= 11 is 1.54. The lowest BCUT2D eigenvalue weighted by Gasteiger charge is -2.05. The van der Waals surface area contributed by atoms with Gasteiger partial charge in [-0.15, -0.1) is 11.3 Å². The van der Waals surface area contributed by atoms with Crippen molar-refractivity contribution >= 4 is 17.2 Å². The van der Waals surface area contributed by atoms with E-state index in [1.807, 2.05) is 41.8 Å². The highest BCUT2D eigenvalue weighted by Gasteiger charge is 2.14. The van der Waals surface area contributed by atoms with Crippen molar-refractivity contribution in [2.45, 2.75) is 6.54 Å². The fourth-order valence-electron chi connectivity index (χ4n) is 1.97. The van der Waals surface area contributed by atoms with Crippen molar-refractivity contribution in [3.8, 4) is 16.4 Å². The third kappa shape index (κ3) is 3.17. The van der Waals surface area contributed by atoms with E-state index in [0.29, 0.717) is 12.3 Å². The van der Waals surface area contributed by atoms with Crippen LogP contribution in [0.1, 0.15) is 16.1 Å². The molecule has 1 amide bonds. The van der Waals surface area contributed by atoms with Crippen LogP contribution in [0.4, 0.5) is 0 Å². The minimum absolute atomic E-state index is 0.269. The third-order valence-corrected chi connectivity index (χ3v) is 3.98. The number of rotatable bonds is 5. The van der Waals surface area contributed by atoms with E-state index in [4.69, 9.17) is 9.26 Å². The highest BCUT2D eigenvalue weighted by molar-refractivity contribution is 7.13. The van der Waals surface area contributed by atoms with E-state index in [1.54, 1.807) is 13.2 Å². The molecule has 22 heavy (non-hydrogen) atoms. The lowest BCUT2D eigenvalue weighted by Crippen LogP contribution is -2.23. The van der Waals surface area contributed by atoms with Gasteiger partial charge in [-0.25, -0.2) is 0 Å². The van der Waals surface area contributed by atoms with Gasteiger partial charge in [-0.05, 0) is 29.1 Å². The molecule has 3 aromatic rings. The average Bonchev–Trinajstić information content (AvgIpc) is 3.23. The van der Waals surface area contributed by atoms with Crippen molar-refractivity contribution in [3.05, 3.63) is 59.1 Å². The van der Waals surface area contributed by atoms with Crippen LogP contribution in [0, 0.1) is 0 Å². The van der Waals surface area contributed by atoms with E-state index in [1.165, 1.54) is 11.3 Å². The third-order valence-electron chi connectivity index (χ3n) is 3.09. The number of hydrogen-bond donors (Lipinski definition) is 1. The fourth-order valence-corrected chi connectivity index (χ4v) is 2.65. The minimum atomic E-state index is -0.269. The first-order chi connectivity index (χ1) is 10.8. The molecule has 0 aliphatic carbocycles. The molecule has 1 aromatic carbocycles. The molecular weight excluding hydrogens is 300 g/mol. The molecule has 6 heteroatoms. The van der Waals surface area contributed by atoms with Gasteiger partial charge in [-0.3, -0.25) is 4.79 Å². The highest BCUT2D eigenvalue weighted by Crippen LogP contribution is 2.25. The van der Waals surface area contributed by atoms with E-state index in [0.717, 1.165) is 16.2 Å². The van der Waals surface area contributed by atoms with E-state index < -0.39 is 0 Å². The molecule has 0 atom stereocenters. The first-order valence-corrected chi connectivity index (χ1v) is 7.56. The second-order valence-corrected chi connectivity index (χ2v) is 5.54. The van der Waals surface area contributed by atoms with Gasteiger partial charge in [-0.2, -0.15) is 0 Å². The van der Waals surface area contributed by atoms with Crippen molar-refractivity contribution in [1.82, 2.24) is 10.5 Å². The summed E-state index contributed by atoms with van der Waals surface area (Å²) in [6.45, 7) is 0.400. The van der Waals surface area contributed by atoms with Crippen LogP contribution in [-0.4, -0.2) is 18.2 Å². The van der Waals surface area contributed by atoms with Crippen LogP contribution in [0.25, 0.3) is 10.6 Å². The second-order valence-electron chi connectivity index (χ2n) is 4.59. The quantitative estimate of drug-likeness (QED) is 0.784. The monoisotopic (exact) mass is 314 g/mol. The fraction of sp³-hybridized carbons (Fsp3) is 0.125. The number of nitrogens with one attached hydrogen (secondary N) is 1. The lowest BCUT2D eigenvalue weighted by molar-refractivity contribution is 0.0942. The van der Waals surface area contributed by atoms with Crippen LogP contribution in [0.15, 0.2) is 52.4 Å². The van der Waals surface area contributed by atoms with Crippen LogP contribution < -0.4 is 10.1 Å². The lowest BCUT2D eigenvalue weighted by atomic mass is 10.2. The summed E-state index contributed by atoms with van der Waals surface area (Å²) < 4.78 is 10.4. The van der Waals surface area contributed by atoms with Gasteiger partial charge in [-0.1, -0.05) is 23.4 Å². The molecular formula is C16H14N2O3S. The molecule has 1 N–H and O–H groups in total. The molecule has 5 nitrogen and oxygen atoms in total. The predicted molar refractivity (Wildman–Crippen MR) is 84.0 cm³/mol. The Hall–Kier alpha value is -2.60. The number of thiophene rings is 1. The number of aromatic nitrogens is 1. The van der Waals surface area contributed by atoms with E-state index >= 15 is 0 Å². The predicted octanol–water partition coefficient (Wildman–Crippen LogP) is 3.34. The number of carbonyl (C=O) groups excluding carboxylic acids is 1. The molecule has 0 aliphatic heterocycles. The number of hydrogen-bond acceptors (Lipinski definition) is 5. The molecule has 2 aromatic heterocycles. The zero-order valence-electron chi connectivity index (χ0n) is 11.9. The summed E-state index contributed by atoms with van der Waals surface area (Å²) in [6.07, 6.45) is 0. The van der Waals surface area contributed by atoms with Gasteiger partial charge in [0.05, 0.1) is 12.0 Å². The average molecular weight is 314 g/mol. The number of amides is 1. The maximum atomic E-state index is 12.1. The Morgan fingerprint density at radius 2 is 2.23 bits per heavy atom. The van der Waals surface area contributed by atoms with Gasteiger partial charge in [0.25, 0.3) is 5.91 Å². The maximum absolute atomic E-state index is 12.1. The van der Waals surface area contributed by atoms with Gasteiger partial charge < -0.3 is 14.6 Å². The molecule has 2 heterocycles. The van der Waals surface area contributed by atoms with E-state index in [9.17, 15) is 4.79 Å². The summed E-state index contributed by atoms with van der Waals surface area (Å²) in [7, 11) is 1.61. The Labute approximate surface area is 131 Å². The molecule has 0 bridgehead atoms. The Morgan fingerprint density at radius 1 is 1.32 bits per heavy atom. The van der Waals surface area contributed by atoms with Gasteiger partial charge in [0, 0.05) is 12.6 Å². The Balaban J connectivity index is 1.64. The first-order valence-electron chi connectivity index (χ1n) is 6.68. The smallest absolute Gasteiger partial charge is 0.273 e. The SMILES string of the molecule is COc1cccc(CNC(=O)c2cc(-c3cccs3)on2)c1. The summed E-state index contributed by atoms with van der Waals surface area (Å²) in [5.74, 6) is 1.09. The Kier molecular flexibility index (Phi) is 4.20. The number of carbonyl (C=O) groups is 1. The van der Waals surface area contributed by atoms with Crippen molar-refractivity contribution in [2.24, 2.45) is 0 Å². The summed E-state index contributed by atoms with van der Waals surface area (Å²) in [5, 5.41) is 8.57. The van der Waals surface area contributed by atoms with Crippen molar-refractivity contribution in [3.63, 3.8) is 0 Å². The number of benzene rings is 1. The van der Waals surface area contributed by atoms with Gasteiger partial charge in [0.15, 0.2) is 11.5 Å². The zero-order valence-corrected chi connectivity index (χ0v) is 12.7. The van der Waals surface area contributed by atoms with Crippen molar-refractivity contribution in [1.29, 1.82) is 0 Å². The summed E-state index contributed by atoms with van der Waals surface area (Å²) in [5.41, 5.74) is 1.22. The van der Waals surface area contributed by atoms with E-state index in [2.05, 4.69) is 10.5 Å². The maximum Gasteiger partial charge on any atom is 0.273 e. The standard InChI is InChI=1S/C16H14N2O3S/c1-20-12-5-2-4-11(8-12)10-17-16(19)13-9-14(21-18-13)15-6-3-7-22-15/h2-9H,10H2,1H3,(H,17,19). The summed E-state index contributed by atoms with van der Waals surface area (Å²) in [4.78, 5) is 13.0. The number of nitrogens with zero attached hydrogens (tertiary/aromatic N) is 1. The second kappa shape index (κ2) is 6.44. The Bertz CT molecular complexity index is 765. The van der Waals surface area contributed by atoms with Crippen LogP contribution in [0.2, 0.25) is 0 Å². The molecule has 112 valence electrons. The van der Waals surface area contributed by atoms with Crippen LogP contribution in [0.3, 0.4) is 0 Å². The Morgan fingerprint density at radius 3 is 3.00 bits per heavy atom. The zero-order chi connectivity index (χ0) is 15.4. The van der Waals surface area contributed by atoms with E-state index in [-0.39, 0.29) is 11.6 Å². The first kappa shape index (κ1) is 14.3. The van der Waals surface area contributed by atoms with Crippen LogP contribution >= 0.6 is 11.3 Å². The topological polar surface area (TPSA) is 64.4 Å². The molecule has 0 radical (unpaired) electrons. The van der Waals surface area contributed by atoms with Crippen molar-refractivity contribution in [2.75, 3.05) is 7.11 Å². The van der Waals surface area contributed by atoms with Crippen LogP contribution in [-0.2, 0) is 6.54 Å². The molecule has 0 saturated carbocycles. The highest BCUT2D eigenvalue weighted by atomic mass is 32.1. The largest absolute Gasteiger partial charge is 0.497 e. The normalized spacial score (nSPS) is 10.4. The number of ether oxygens (including phenoxy) is 1. The van der Waals surface area contributed by atoms with Crippen molar-refractivity contribution < 1.29 is 14.1 Å². The summed E-state index contributed by atoms with van der Waals surface area (Å²) in [6, 6.07) is 13.0. The molecule has 0 spiro atoms. The van der Waals surface area contributed by atoms with Gasteiger partial charge >= 0.3 is 0 Å². The molecule has 0 unspecified atom stereocenters. The minimum Gasteiger partial charge on any atom is -0.497 e. The molecule has 0 fully saturated rings. The molecule has 0 saturated heterocycles.